The Morgan fingerprint density at radius 3 is 2.67 bits per heavy atom. The first-order valence-electron chi connectivity index (χ1n) is 8.23. The molecular formula is C18H30N2O. The quantitative estimate of drug-likeness (QED) is 0.875. The lowest BCUT2D eigenvalue weighted by Crippen LogP contribution is -2.46. The Kier molecular flexibility index (Phi) is 6.22. The number of piperidine rings is 1. The fourth-order valence-electron chi connectivity index (χ4n) is 3.17. The second kappa shape index (κ2) is 7.92. The van der Waals surface area contributed by atoms with Gasteiger partial charge in [0.05, 0.1) is 6.10 Å². The number of rotatable bonds is 6. The summed E-state index contributed by atoms with van der Waals surface area (Å²) >= 11 is 0. The van der Waals surface area contributed by atoms with Gasteiger partial charge in [-0.3, -0.25) is 4.90 Å². The lowest BCUT2D eigenvalue weighted by molar-refractivity contribution is -0.00643. The molecule has 3 atom stereocenters. The van der Waals surface area contributed by atoms with Crippen LogP contribution in [0.3, 0.4) is 0 Å². The van der Waals surface area contributed by atoms with Gasteiger partial charge >= 0.3 is 0 Å². The third-order valence-electron chi connectivity index (χ3n) is 4.68. The van der Waals surface area contributed by atoms with Gasteiger partial charge in [0.2, 0.25) is 0 Å². The van der Waals surface area contributed by atoms with Crippen LogP contribution >= 0.6 is 0 Å². The Hall–Kier alpha value is -0.900. The van der Waals surface area contributed by atoms with Crippen LogP contribution in [0, 0.1) is 5.92 Å². The van der Waals surface area contributed by atoms with Crippen molar-refractivity contribution in [1.82, 2.24) is 4.90 Å². The summed E-state index contributed by atoms with van der Waals surface area (Å²) in [6.45, 7) is 7.53. The molecule has 0 spiro atoms. The first kappa shape index (κ1) is 16.5. The molecule has 2 rings (SSSR count). The van der Waals surface area contributed by atoms with Crippen molar-refractivity contribution in [2.24, 2.45) is 11.7 Å². The number of aryl methyl sites for hydroxylation is 1. The number of methoxy groups -OCH3 is 1. The zero-order valence-electron chi connectivity index (χ0n) is 13.7. The largest absolute Gasteiger partial charge is 0.380 e. The summed E-state index contributed by atoms with van der Waals surface area (Å²) in [5, 5.41) is 0. The smallest absolute Gasteiger partial charge is 0.0724 e. The molecule has 1 aliphatic rings. The number of benzene rings is 1. The summed E-state index contributed by atoms with van der Waals surface area (Å²) in [6.07, 6.45) is 3.88. The first-order chi connectivity index (χ1) is 10.1. The maximum atomic E-state index is 6.39. The molecule has 1 aromatic rings. The summed E-state index contributed by atoms with van der Waals surface area (Å²) in [4.78, 5) is 2.44. The summed E-state index contributed by atoms with van der Waals surface area (Å²) in [7, 11) is 1.82. The van der Waals surface area contributed by atoms with E-state index in [0.29, 0.717) is 12.0 Å². The van der Waals surface area contributed by atoms with Crippen LogP contribution in [0.1, 0.15) is 43.9 Å². The van der Waals surface area contributed by atoms with Crippen LogP contribution in [0.2, 0.25) is 0 Å². The van der Waals surface area contributed by atoms with Crippen LogP contribution in [0.4, 0.5) is 0 Å². The van der Waals surface area contributed by atoms with E-state index in [1.54, 1.807) is 0 Å². The van der Waals surface area contributed by atoms with Crippen LogP contribution in [0.15, 0.2) is 24.3 Å². The van der Waals surface area contributed by atoms with E-state index in [2.05, 4.69) is 43.0 Å². The molecule has 21 heavy (non-hydrogen) atoms. The molecule has 1 saturated heterocycles. The van der Waals surface area contributed by atoms with Crippen LogP contribution in [-0.4, -0.2) is 37.7 Å². The molecule has 0 saturated carbocycles. The average Bonchev–Trinajstić information content (AvgIpc) is 2.50. The third-order valence-corrected chi connectivity index (χ3v) is 4.68. The van der Waals surface area contributed by atoms with Crippen LogP contribution in [0.5, 0.6) is 0 Å². The Balaban J connectivity index is 1.90. The van der Waals surface area contributed by atoms with Crippen LogP contribution in [-0.2, 0) is 11.2 Å². The highest BCUT2D eigenvalue weighted by Gasteiger charge is 2.26. The molecule has 118 valence electrons. The Labute approximate surface area is 129 Å². The predicted octanol–water partition coefficient (Wildman–Crippen LogP) is 3.00. The third kappa shape index (κ3) is 4.53. The highest BCUT2D eigenvalue weighted by atomic mass is 16.5. The maximum absolute atomic E-state index is 6.39. The molecule has 3 nitrogen and oxygen atoms in total. The fraction of sp³-hybridized carbons (Fsp3) is 0.667. The van der Waals surface area contributed by atoms with Gasteiger partial charge in [0.15, 0.2) is 0 Å². The van der Waals surface area contributed by atoms with E-state index in [-0.39, 0.29) is 6.04 Å². The Morgan fingerprint density at radius 2 is 2.05 bits per heavy atom. The van der Waals surface area contributed by atoms with Crippen molar-refractivity contribution in [2.45, 2.75) is 45.3 Å². The van der Waals surface area contributed by atoms with E-state index in [0.717, 1.165) is 26.1 Å². The summed E-state index contributed by atoms with van der Waals surface area (Å²) in [5.74, 6) is 0.649. The van der Waals surface area contributed by atoms with E-state index < -0.39 is 0 Å². The van der Waals surface area contributed by atoms with E-state index in [1.165, 1.54) is 24.0 Å². The molecule has 2 N–H and O–H groups in total. The zero-order chi connectivity index (χ0) is 15.2. The number of likely N-dealkylation sites (tertiary alicyclic amines) is 1. The molecule has 0 radical (unpaired) electrons. The maximum Gasteiger partial charge on any atom is 0.0724 e. The van der Waals surface area contributed by atoms with Crippen molar-refractivity contribution in [1.29, 1.82) is 0 Å². The summed E-state index contributed by atoms with van der Waals surface area (Å²) in [5.41, 5.74) is 9.03. The van der Waals surface area contributed by atoms with Crippen molar-refractivity contribution in [2.75, 3.05) is 26.7 Å². The van der Waals surface area contributed by atoms with Gasteiger partial charge in [-0.2, -0.15) is 0 Å². The highest BCUT2D eigenvalue weighted by molar-refractivity contribution is 5.25. The number of ether oxygens (including phenoxy) is 1. The first-order valence-corrected chi connectivity index (χ1v) is 8.23. The molecular weight excluding hydrogens is 260 g/mol. The van der Waals surface area contributed by atoms with Crippen molar-refractivity contribution in [3.63, 3.8) is 0 Å². The molecule has 1 aromatic carbocycles. The fourth-order valence-corrected chi connectivity index (χ4v) is 3.17. The Morgan fingerprint density at radius 1 is 1.33 bits per heavy atom. The van der Waals surface area contributed by atoms with Gasteiger partial charge in [-0.15, -0.1) is 0 Å². The van der Waals surface area contributed by atoms with Crippen molar-refractivity contribution >= 4 is 0 Å². The van der Waals surface area contributed by atoms with Gasteiger partial charge in [-0.25, -0.2) is 0 Å². The molecule has 0 aliphatic carbocycles. The van der Waals surface area contributed by atoms with E-state index in [4.69, 9.17) is 10.5 Å². The molecule has 0 amide bonds. The van der Waals surface area contributed by atoms with Crippen molar-refractivity contribution in [3.8, 4) is 0 Å². The van der Waals surface area contributed by atoms with E-state index in [9.17, 15) is 0 Å². The predicted molar refractivity (Wildman–Crippen MR) is 88.4 cm³/mol. The second-order valence-electron chi connectivity index (χ2n) is 6.40. The molecule has 0 bridgehead atoms. The van der Waals surface area contributed by atoms with E-state index >= 15 is 0 Å². The second-order valence-corrected chi connectivity index (χ2v) is 6.40. The van der Waals surface area contributed by atoms with Crippen molar-refractivity contribution in [3.05, 3.63) is 35.4 Å². The molecule has 1 aliphatic heterocycles. The minimum Gasteiger partial charge on any atom is -0.380 e. The van der Waals surface area contributed by atoms with Gasteiger partial charge in [-0.1, -0.05) is 44.5 Å². The Bertz CT molecular complexity index is 418. The summed E-state index contributed by atoms with van der Waals surface area (Å²) < 4.78 is 5.58. The number of nitrogens with two attached hydrogens (primary N) is 1. The molecule has 3 unspecified atom stereocenters. The molecule has 3 heteroatoms. The van der Waals surface area contributed by atoms with Gasteiger partial charge in [-0.05, 0) is 36.4 Å². The van der Waals surface area contributed by atoms with Gasteiger partial charge < -0.3 is 10.5 Å². The molecule has 1 fully saturated rings. The standard InChI is InChI=1S/C18H30N2O/c1-4-5-15-6-8-16(9-7-15)17(19)12-20-11-10-14(2)18(13-20)21-3/h6-9,14,17-18H,4-5,10-13,19H2,1-3H3. The normalized spacial score (nSPS) is 25.0. The monoisotopic (exact) mass is 290 g/mol. The number of nitrogens with zero attached hydrogens (tertiary/aromatic N) is 1. The van der Waals surface area contributed by atoms with Gasteiger partial charge in [0.1, 0.15) is 0 Å². The number of hydrogen-bond donors (Lipinski definition) is 1. The van der Waals surface area contributed by atoms with E-state index in [1.807, 2.05) is 7.11 Å². The van der Waals surface area contributed by atoms with Gasteiger partial charge in [0.25, 0.3) is 0 Å². The van der Waals surface area contributed by atoms with Crippen LogP contribution in [0.25, 0.3) is 0 Å². The number of hydrogen-bond acceptors (Lipinski definition) is 3. The molecule has 0 aromatic heterocycles. The highest BCUT2D eigenvalue weighted by Crippen LogP contribution is 2.21. The SMILES string of the molecule is CCCc1ccc(C(N)CN2CCC(C)C(OC)C2)cc1. The lowest BCUT2D eigenvalue weighted by Gasteiger charge is -2.37. The zero-order valence-corrected chi connectivity index (χ0v) is 13.7. The topological polar surface area (TPSA) is 38.5 Å². The van der Waals surface area contributed by atoms with Crippen molar-refractivity contribution < 1.29 is 4.74 Å². The lowest BCUT2D eigenvalue weighted by atomic mass is 9.95. The molecule has 1 heterocycles. The minimum absolute atomic E-state index is 0.0894. The van der Waals surface area contributed by atoms with Gasteiger partial charge in [0, 0.05) is 26.2 Å². The van der Waals surface area contributed by atoms with Crippen LogP contribution < -0.4 is 5.73 Å². The minimum atomic E-state index is 0.0894. The average molecular weight is 290 g/mol. The summed E-state index contributed by atoms with van der Waals surface area (Å²) in [6, 6.07) is 8.90.